The molecular weight excluding hydrogens is 327 g/mol. The summed E-state index contributed by atoms with van der Waals surface area (Å²) < 4.78 is 25.4. The molecule has 0 amide bonds. The number of likely N-dealkylation sites (N-methyl/N-ethyl adjacent to an activating group) is 1. The molecule has 0 aromatic heterocycles. The maximum absolute atomic E-state index is 13.8. The Kier molecular flexibility index (Phi) is 5.15. The topological polar surface area (TPSA) is 33.7 Å². The lowest BCUT2D eigenvalue weighted by Gasteiger charge is -2.32. The monoisotopic (exact) mass is 346 g/mol. The zero-order valence-electron chi connectivity index (χ0n) is 13.4. The molecule has 0 bridgehead atoms. The molecule has 0 radical (unpaired) electrons. The molecule has 1 aliphatic rings. The van der Waals surface area contributed by atoms with Gasteiger partial charge in [0.05, 0.1) is 12.2 Å². The third-order valence-electron chi connectivity index (χ3n) is 3.78. The number of anilines is 1. The van der Waals surface area contributed by atoms with Gasteiger partial charge in [0.25, 0.3) is 0 Å². The van der Waals surface area contributed by atoms with Gasteiger partial charge >= 0.3 is 0 Å². The van der Waals surface area contributed by atoms with Crippen LogP contribution in [0.3, 0.4) is 0 Å². The van der Waals surface area contributed by atoms with Gasteiger partial charge in [-0.05, 0) is 43.4 Å². The van der Waals surface area contributed by atoms with Crippen molar-refractivity contribution in [1.29, 1.82) is 0 Å². The van der Waals surface area contributed by atoms with Gasteiger partial charge in [-0.25, -0.2) is 4.39 Å². The Hall–Kier alpha value is -2.34. The molecule has 6 heteroatoms. The first-order valence-electron chi connectivity index (χ1n) is 7.86. The summed E-state index contributed by atoms with van der Waals surface area (Å²) in [5, 5.41) is 3.42. The molecule has 0 saturated carbocycles. The molecule has 0 unspecified atom stereocenters. The Morgan fingerprint density at radius 1 is 1.21 bits per heavy atom. The minimum absolute atomic E-state index is 0.139. The summed E-state index contributed by atoms with van der Waals surface area (Å²) in [4.78, 5) is 1.93. The molecule has 126 valence electrons. The molecule has 2 aromatic carbocycles. The lowest BCUT2D eigenvalue weighted by atomic mass is 10.2. The van der Waals surface area contributed by atoms with Crippen molar-refractivity contribution in [3.8, 4) is 11.5 Å². The van der Waals surface area contributed by atoms with Crippen molar-refractivity contribution in [2.75, 3.05) is 25.0 Å². The number of hydrogen-bond acceptors (Lipinski definition) is 3. The zero-order valence-corrected chi connectivity index (χ0v) is 14.2. The Morgan fingerprint density at radius 2 is 1.92 bits per heavy atom. The summed E-state index contributed by atoms with van der Waals surface area (Å²) >= 11 is 5.41. The van der Waals surface area contributed by atoms with E-state index in [9.17, 15) is 4.39 Å². The average molecular weight is 346 g/mol. The maximum Gasteiger partial charge on any atom is 0.173 e. The second-order valence-corrected chi connectivity index (χ2v) is 5.83. The van der Waals surface area contributed by atoms with Crippen LogP contribution >= 0.6 is 12.2 Å². The predicted octanol–water partition coefficient (Wildman–Crippen LogP) is 3.68. The number of ether oxygens (including phenoxy) is 2. The fraction of sp³-hybridized carbons (Fsp3) is 0.278. The largest absolute Gasteiger partial charge is 0.486 e. The zero-order chi connectivity index (χ0) is 16.9. The smallest absolute Gasteiger partial charge is 0.173 e. The minimum atomic E-state index is -0.331. The summed E-state index contributed by atoms with van der Waals surface area (Å²) in [7, 11) is 0. The van der Waals surface area contributed by atoms with Crippen LogP contribution in [-0.2, 0) is 0 Å². The van der Waals surface area contributed by atoms with E-state index in [4.69, 9.17) is 21.7 Å². The van der Waals surface area contributed by atoms with Gasteiger partial charge in [0.2, 0.25) is 0 Å². The van der Waals surface area contributed by atoms with Crippen molar-refractivity contribution in [1.82, 2.24) is 4.90 Å². The molecule has 0 saturated heterocycles. The SMILES string of the molecule is CCN(C[C@@H]1COc2ccccc2O1)C(=S)Nc1ccccc1F. The summed E-state index contributed by atoms with van der Waals surface area (Å²) in [5.41, 5.74) is 0.368. The van der Waals surface area contributed by atoms with E-state index in [-0.39, 0.29) is 11.9 Å². The van der Waals surface area contributed by atoms with Crippen molar-refractivity contribution < 1.29 is 13.9 Å². The molecule has 0 spiro atoms. The molecule has 4 nitrogen and oxygen atoms in total. The molecule has 0 fully saturated rings. The first kappa shape index (κ1) is 16.5. The number of benzene rings is 2. The highest BCUT2D eigenvalue weighted by Gasteiger charge is 2.23. The number of rotatable bonds is 4. The van der Waals surface area contributed by atoms with Gasteiger partial charge in [-0.1, -0.05) is 24.3 Å². The Balaban J connectivity index is 1.63. The molecule has 1 N–H and O–H groups in total. The number of fused-ring (bicyclic) bond motifs is 1. The van der Waals surface area contributed by atoms with E-state index in [0.29, 0.717) is 30.5 Å². The van der Waals surface area contributed by atoms with Crippen molar-refractivity contribution in [3.05, 3.63) is 54.3 Å². The summed E-state index contributed by atoms with van der Waals surface area (Å²) in [5.74, 6) is 1.16. The van der Waals surface area contributed by atoms with Gasteiger partial charge in [-0.2, -0.15) is 0 Å². The number of hydrogen-bond donors (Lipinski definition) is 1. The van der Waals surface area contributed by atoms with E-state index >= 15 is 0 Å². The first-order valence-corrected chi connectivity index (χ1v) is 8.27. The molecular formula is C18H19FN2O2S. The highest BCUT2D eigenvalue weighted by atomic mass is 32.1. The summed E-state index contributed by atoms with van der Waals surface area (Å²) in [6.45, 7) is 3.69. The number of nitrogens with one attached hydrogen (secondary N) is 1. The van der Waals surface area contributed by atoms with Crippen LogP contribution in [0.15, 0.2) is 48.5 Å². The Bertz CT molecular complexity index is 726. The fourth-order valence-electron chi connectivity index (χ4n) is 2.51. The highest BCUT2D eigenvalue weighted by molar-refractivity contribution is 7.80. The summed E-state index contributed by atoms with van der Waals surface area (Å²) in [6, 6.07) is 14.1. The van der Waals surface area contributed by atoms with E-state index < -0.39 is 0 Å². The molecule has 1 atom stereocenters. The fourth-order valence-corrected chi connectivity index (χ4v) is 2.82. The second-order valence-electron chi connectivity index (χ2n) is 5.45. The summed E-state index contributed by atoms with van der Waals surface area (Å²) in [6.07, 6.45) is -0.139. The Morgan fingerprint density at radius 3 is 2.67 bits per heavy atom. The second kappa shape index (κ2) is 7.49. The Labute approximate surface area is 146 Å². The van der Waals surface area contributed by atoms with Crippen molar-refractivity contribution in [2.45, 2.75) is 13.0 Å². The van der Waals surface area contributed by atoms with Crippen LogP contribution in [0.2, 0.25) is 0 Å². The third-order valence-corrected chi connectivity index (χ3v) is 4.14. The van der Waals surface area contributed by atoms with Crippen molar-refractivity contribution >= 4 is 23.0 Å². The van der Waals surface area contributed by atoms with Crippen LogP contribution in [0.1, 0.15) is 6.92 Å². The van der Waals surface area contributed by atoms with Gasteiger partial charge in [-0.3, -0.25) is 0 Å². The predicted molar refractivity (Wildman–Crippen MR) is 96.2 cm³/mol. The van der Waals surface area contributed by atoms with Crippen molar-refractivity contribution in [3.63, 3.8) is 0 Å². The lowest BCUT2D eigenvalue weighted by Crippen LogP contribution is -2.45. The van der Waals surface area contributed by atoms with E-state index in [1.165, 1.54) is 6.07 Å². The van der Waals surface area contributed by atoms with Crippen LogP contribution in [0, 0.1) is 5.82 Å². The molecule has 1 heterocycles. The molecule has 24 heavy (non-hydrogen) atoms. The van der Waals surface area contributed by atoms with E-state index in [0.717, 1.165) is 11.5 Å². The van der Waals surface area contributed by atoms with Crippen LogP contribution < -0.4 is 14.8 Å². The van der Waals surface area contributed by atoms with E-state index in [2.05, 4.69) is 5.32 Å². The highest BCUT2D eigenvalue weighted by Crippen LogP contribution is 2.31. The number of nitrogens with zero attached hydrogens (tertiary/aromatic N) is 1. The maximum atomic E-state index is 13.8. The normalized spacial score (nSPS) is 15.7. The van der Waals surface area contributed by atoms with E-state index in [1.54, 1.807) is 18.2 Å². The van der Waals surface area contributed by atoms with Crippen molar-refractivity contribution in [2.24, 2.45) is 0 Å². The number of para-hydroxylation sites is 3. The molecule has 2 aromatic rings. The van der Waals surface area contributed by atoms with Gasteiger partial charge in [0.1, 0.15) is 12.4 Å². The lowest BCUT2D eigenvalue weighted by molar-refractivity contribution is 0.0754. The van der Waals surface area contributed by atoms with Gasteiger partial charge < -0.3 is 19.7 Å². The standard InChI is InChI=1S/C18H19FN2O2S/c1-2-21(18(24)20-15-8-4-3-7-14(15)19)11-13-12-22-16-9-5-6-10-17(16)23-13/h3-10,13H,2,11-12H2,1H3,(H,20,24)/t13-/m1/s1. The first-order chi connectivity index (χ1) is 11.7. The van der Waals surface area contributed by atoms with E-state index in [1.807, 2.05) is 36.1 Å². The molecule has 3 rings (SSSR count). The van der Waals surface area contributed by atoms with Gasteiger partial charge in [-0.15, -0.1) is 0 Å². The van der Waals surface area contributed by atoms with Crippen LogP contribution in [0.4, 0.5) is 10.1 Å². The number of thiocarbonyl (C=S) groups is 1. The van der Waals surface area contributed by atoms with Crippen LogP contribution in [0.5, 0.6) is 11.5 Å². The molecule has 0 aliphatic carbocycles. The van der Waals surface area contributed by atoms with Crippen LogP contribution in [-0.4, -0.2) is 35.8 Å². The molecule has 1 aliphatic heterocycles. The number of halogens is 1. The average Bonchev–Trinajstić information content (AvgIpc) is 2.61. The minimum Gasteiger partial charge on any atom is -0.486 e. The third kappa shape index (κ3) is 3.76. The van der Waals surface area contributed by atoms with Gasteiger partial charge in [0.15, 0.2) is 22.7 Å². The quantitative estimate of drug-likeness (QED) is 0.854. The van der Waals surface area contributed by atoms with Gasteiger partial charge in [0, 0.05) is 6.54 Å². The van der Waals surface area contributed by atoms with Crippen LogP contribution in [0.25, 0.3) is 0 Å².